The highest BCUT2D eigenvalue weighted by Crippen LogP contribution is 2.28. The molecule has 0 radical (unpaired) electrons. The molecular weight excluding hydrogens is 553 g/mol. The summed E-state index contributed by atoms with van der Waals surface area (Å²) in [5.74, 6) is -1.17. The molecule has 0 unspecified atom stereocenters. The fourth-order valence-corrected chi connectivity index (χ4v) is 5.89. The zero-order valence-corrected chi connectivity index (χ0v) is 26.2. The molecule has 1 aromatic carbocycles. The summed E-state index contributed by atoms with van der Waals surface area (Å²) in [7, 11) is 2.03. The average Bonchev–Trinajstić information content (AvgIpc) is 2.96. The first-order valence-corrected chi connectivity index (χ1v) is 15.5. The third-order valence-corrected chi connectivity index (χ3v) is 8.61. The highest BCUT2D eigenvalue weighted by molar-refractivity contribution is 5.71. The van der Waals surface area contributed by atoms with Crippen molar-refractivity contribution in [3.05, 3.63) is 47.3 Å². The Bertz CT molecular complexity index is 1170. The van der Waals surface area contributed by atoms with E-state index in [9.17, 15) is 19.1 Å². The molecule has 2 saturated heterocycles. The molecule has 3 aliphatic heterocycles. The quantitative estimate of drug-likeness (QED) is 0.399. The number of likely N-dealkylation sites (N-methyl/N-ethyl adjacent to an activating group) is 1. The smallest absolute Gasteiger partial charge is 0.410 e. The third-order valence-electron chi connectivity index (χ3n) is 8.61. The van der Waals surface area contributed by atoms with E-state index in [1.807, 2.05) is 59.0 Å². The maximum absolute atomic E-state index is 14.7. The van der Waals surface area contributed by atoms with Gasteiger partial charge in [0.25, 0.3) is 0 Å². The predicted octanol–water partition coefficient (Wildman–Crippen LogP) is 4.49. The van der Waals surface area contributed by atoms with Gasteiger partial charge in [0.2, 0.25) is 0 Å². The minimum atomic E-state index is -0.866. The Morgan fingerprint density at radius 1 is 1.07 bits per heavy atom. The maximum Gasteiger partial charge on any atom is 0.410 e. The van der Waals surface area contributed by atoms with Crippen molar-refractivity contribution in [2.24, 2.45) is 11.8 Å². The van der Waals surface area contributed by atoms with E-state index in [1.165, 1.54) is 12.1 Å². The number of benzene rings is 1. The van der Waals surface area contributed by atoms with Crippen LogP contribution in [0.1, 0.15) is 52.5 Å². The van der Waals surface area contributed by atoms with E-state index < -0.39 is 24.3 Å². The first-order valence-electron chi connectivity index (χ1n) is 15.5. The Morgan fingerprint density at radius 3 is 2.53 bits per heavy atom. The van der Waals surface area contributed by atoms with Crippen LogP contribution < -0.4 is 4.90 Å². The Balaban J connectivity index is 1.56. The molecule has 0 aliphatic carbocycles. The summed E-state index contributed by atoms with van der Waals surface area (Å²) in [4.78, 5) is 31.9. The molecule has 0 spiro atoms. The van der Waals surface area contributed by atoms with Crippen LogP contribution in [-0.4, -0.2) is 104 Å². The number of amides is 1. The van der Waals surface area contributed by atoms with Gasteiger partial charge in [0, 0.05) is 50.9 Å². The largest absolute Gasteiger partial charge is 0.457 e. The van der Waals surface area contributed by atoms with E-state index in [4.69, 9.17) is 14.2 Å². The Kier molecular flexibility index (Phi) is 11.6. The number of nitrogens with zero attached hydrogens (tertiary/aromatic N) is 3. The predicted molar refractivity (Wildman–Crippen MR) is 164 cm³/mol. The Labute approximate surface area is 255 Å². The highest BCUT2D eigenvalue weighted by Gasteiger charge is 2.29. The average molecular weight is 602 g/mol. The van der Waals surface area contributed by atoms with Crippen LogP contribution >= 0.6 is 0 Å². The SMILES string of the molecule is C/C(=C\c1cc(F)cc(N2CCO[C@@H](C)C2)c1)[C@H]1OC(=O)C[C@H](O)CC[C@H](C)[C@@H](OC(=O)N2CCN(C)CC2)/C=C\[C@@H]1C. The minimum absolute atomic E-state index is 0.0590. The van der Waals surface area contributed by atoms with Crippen LogP contribution in [0.3, 0.4) is 0 Å². The summed E-state index contributed by atoms with van der Waals surface area (Å²) >= 11 is 0. The molecule has 2 fully saturated rings. The van der Waals surface area contributed by atoms with Gasteiger partial charge in [0.05, 0.1) is 25.2 Å². The molecular formula is C33H48FN3O6. The topological polar surface area (TPSA) is 91.8 Å². The van der Waals surface area contributed by atoms with Crippen LogP contribution in [-0.2, 0) is 19.0 Å². The molecule has 1 aromatic rings. The van der Waals surface area contributed by atoms with Gasteiger partial charge in [-0.1, -0.05) is 26.0 Å². The Morgan fingerprint density at radius 2 is 1.81 bits per heavy atom. The number of aliphatic hydroxyl groups excluding tert-OH is 1. The van der Waals surface area contributed by atoms with Crippen molar-refractivity contribution in [1.29, 1.82) is 0 Å². The van der Waals surface area contributed by atoms with Gasteiger partial charge in [-0.05, 0) is 75.1 Å². The molecule has 3 aliphatic rings. The highest BCUT2D eigenvalue weighted by atomic mass is 19.1. The van der Waals surface area contributed by atoms with Gasteiger partial charge >= 0.3 is 12.1 Å². The lowest BCUT2D eigenvalue weighted by Crippen LogP contribution is -2.48. The number of halogens is 1. The number of cyclic esters (lactones) is 1. The van der Waals surface area contributed by atoms with E-state index in [0.717, 1.165) is 24.4 Å². The van der Waals surface area contributed by atoms with Gasteiger partial charge in [-0.25, -0.2) is 9.18 Å². The van der Waals surface area contributed by atoms with E-state index in [-0.39, 0.29) is 36.3 Å². The monoisotopic (exact) mass is 601 g/mol. The summed E-state index contributed by atoms with van der Waals surface area (Å²) in [6.07, 6.45) is 4.19. The van der Waals surface area contributed by atoms with Crippen molar-refractivity contribution in [3.8, 4) is 0 Å². The van der Waals surface area contributed by atoms with Gasteiger partial charge < -0.3 is 34.0 Å². The molecule has 0 saturated carbocycles. The lowest BCUT2D eigenvalue weighted by Gasteiger charge is -2.33. The molecule has 4 rings (SSSR count). The van der Waals surface area contributed by atoms with Gasteiger partial charge in [-0.15, -0.1) is 0 Å². The molecule has 0 aromatic heterocycles. The van der Waals surface area contributed by atoms with Gasteiger partial charge in [0.15, 0.2) is 0 Å². The fraction of sp³-hybridized carbons (Fsp3) is 0.636. The molecule has 10 heteroatoms. The van der Waals surface area contributed by atoms with Crippen LogP contribution in [0.5, 0.6) is 0 Å². The number of anilines is 1. The minimum Gasteiger partial charge on any atom is -0.457 e. The number of piperazine rings is 1. The third kappa shape index (κ3) is 9.52. The zero-order chi connectivity index (χ0) is 31.1. The van der Waals surface area contributed by atoms with Gasteiger partial charge in [-0.3, -0.25) is 4.79 Å². The summed E-state index contributed by atoms with van der Waals surface area (Å²) < 4.78 is 32.3. The number of esters is 1. The maximum atomic E-state index is 14.7. The van der Waals surface area contributed by atoms with Crippen LogP contribution in [0.25, 0.3) is 6.08 Å². The number of rotatable bonds is 4. The number of ether oxygens (including phenoxy) is 3. The van der Waals surface area contributed by atoms with Crippen molar-refractivity contribution in [1.82, 2.24) is 9.80 Å². The van der Waals surface area contributed by atoms with E-state index in [1.54, 1.807) is 4.90 Å². The number of hydrogen-bond acceptors (Lipinski definition) is 8. The van der Waals surface area contributed by atoms with Crippen molar-refractivity contribution < 1.29 is 33.3 Å². The summed E-state index contributed by atoms with van der Waals surface area (Å²) in [5.41, 5.74) is 2.18. The zero-order valence-electron chi connectivity index (χ0n) is 26.2. The first-order chi connectivity index (χ1) is 20.5. The molecule has 9 nitrogen and oxygen atoms in total. The lowest BCUT2D eigenvalue weighted by atomic mass is 9.91. The fourth-order valence-electron chi connectivity index (χ4n) is 5.89. The van der Waals surface area contributed by atoms with Crippen molar-refractivity contribution in [2.45, 2.75) is 71.4 Å². The van der Waals surface area contributed by atoms with Crippen LogP contribution in [0.15, 0.2) is 35.9 Å². The first kappa shape index (κ1) is 33.0. The second kappa shape index (κ2) is 15.2. The molecule has 6 atom stereocenters. The van der Waals surface area contributed by atoms with Crippen molar-refractivity contribution >= 4 is 23.8 Å². The standard InChI is InChI=1S/C33H48FN3O6/c1-22-6-8-29(38)20-31(39)43-32(23(2)7-9-30(22)42-33(40)36-12-10-35(5)11-13-36)24(3)16-26-17-27(34)19-28(18-26)37-14-15-41-25(4)21-37/h7,9,16-19,22-23,25,29-30,32,38H,6,8,10-15,20-21H2,1-5H3/b9-7-,24-16+/t22-,23-,25-,29+,30-,32-/m0/s1. The van der Waals surface area contributed by atoms with Crippen LogP contribution in [0, 0.1) is 17.7 Å². The van der Waals surface area contributed by atoms with E-state index in [0.29, 0.717) is 51.2 Å². The Hall–Kier alpha value is -2.95. The van der Waals surface area contributed by atoms with Crippen molar-refractivity contribution in [3.63, 3.8) is 0 Å². The number of carbonyl (C=O) groups excluding carboxylic acids is 2. The second-order valence-electron chi connectivity index (χ2n) is 12.5. The molecule has 238 valence electrons. The molecule has 3 heterocycles. The normalized spacial score (nSPS) is 31.0. The number of hydrogen-bond donors (Lipinski definition) is 1. The molecule has 43 heavy (non-hydrogen) atoms. The van der Waals surface area contributed by atoms with E-state index >= 15 is 0 Å². The summed E-state index contributed by atoms with van der Waals surface area (Å²) in [6, 6.07) is 4.92. The van der Waals surface area contributed by atoms with Gasteiger partial charge in [-0.2, -0.15) is 0 Å². The second-order valence-corrected chi connectivity index (χ2v) is 12.5. The van der Waals surface area contributed by atoms with Crippen molar-refractivity contribution in [2.75, 3.05) is 57.8 Å². The summed E-state index contributed by atoms with van der Waals surface area (Å²) in [5, 5.41) is 10.6. The number of carbonyl (C=O) groups is 2. The van der Waals surface area contributed by atoms with Gasteiger partial charge in [0.1, 0.15) is 18.0 Å². The summed E-state index contributed by atoms with van der Waals surface area (Å²) in [6.45, 7) is 12.5. The molecule has 1 amide bonds. The van der Waals surface area contributed by atoms with Crippen LogP contribution in [0.4, 0.5) is 14.9 Å². The number of aliphatic hydroxyl groups is 1. The van der Waals surface area contributed by atoms with Crippen LogP contribution in [0.2, 0.25) is 0 Å². The van der Waals surface area contributed by atoms with E-state index in [2.05, 4.69) is 9.80 Å². The number of morpholine rings is 1. The molecule has 1 N–H and O–H groups in total. The lowest BCUT2D eigenvalue weighted by molar-refractivity contribution is -0.151. The molecule has 0 bridgehead atoms.